The third-order valence-corrected chi connectivity index (χ3v) is 5.71. The fraction of sp³-hybridized carbons (Fsp3) is 0.280. The number of hydrogen-bond acceptors (Lipinski definition) is 3. The number of halogens is 1. The lowest BCUT2D eigenvalue weighted by atomic mass is 10.2. The molecule has 3 amide bonds. The number of anilines is 1. The first-order chi connectivity index (χ1) is 15.3. The predicted octanol–water partition coefficient (Wildman–Crippen LogP) is 5.82. The summed E-state index contributed by atoms with van der Waals surface area (Å²) in [6.45, 7) is 6.38. The zero-order valence-corrected chi connectivity index (χ0v) is 20.1. The number of benzene rings is 2. The molecule has 0 fully saturated rings. The van der Waals surface area contributed by atoms with Crippen LogP contribution in [0.3, 0.4) is 0 Å². The van der Waals surface area contributed by atoms with Gasteiger partial charge in [0.25, 0.3) is 0 Å². The molecule has 32 heavy (non-hydrogen) atoms. The van der Waals surface area contributed by atoms with Crippen LogP contribution in [-0.2, 0) is 17.9 Å². The highest BCUT2D eigenvalue weighted by Gasteiger charge is 2.25. The lowest BCUT2D eigenvalue weighted by molar-refractivity contribution is -0.133. The van der Waals surface area contributed by atoms with E-state index in [-0.39, 0.29) is 24.5 Å². The van der Waals surface area contributed by atoms with Gasteiger partial charge >= 0.3 is 6.03 Å². The highest BCUT2D eigenvalue weighted by atomic mass is 79.9. The fourth-order valence-electron chi connectivity index (χ4n) is 3.28. The standard InChI is InChI=1S/C25H28BrN3O3/c1-18(2)29(25(31)27-23-12-8-7-11-22(23)26)17-24(30)28(15-20-9-5-4-6-10-20)16-21-14-13-19(3)32-21/h4-14,18H,15-17H2,1-3H3,(H,27,31). The Balaban J connectivity index is 1.76. The van der Waals surface area contributed by atoms with Crippen molar-refractivity contribution in [2.24, 2.45) is 0 Å². The molecule has 6 nitrogen and oxygen atoms in total. The maximum Gasteiger partial charge on any atom is 0.322 e. The lowest BCUT2D eigenvalue weighted by Crippen LogP contribution is -2.47. The van der Waals surface area contributed by atoms with E-state index in [2.05, 4.69) is 21.2 Å². The van der Waals surface area contributed by atoms with Crippen LogP contribution < -0.4 is 5.32 Å². The molecule has 0 aliphatic carbocycles. The highest BCUT2D eigenvalue weighted by molar-refractivity contribution is 9.10. The number of amides is 3. The summed E-state index contributed by atoms with van der Waals surface area (Å²) in [6, 6.07) is 20.4. The molecule has 0 aliphatic heterocycles. The molecule has 0 bridgehead atoms. The summed E-state index contributed by atoms with van der Waals surface area (Å²) in [5, 5.41) is 2.89. The molecule has 1 N–H and O–H groups in total. The molecule has 0 saturated carbocycles. The maximum absolute atomic E-state index is 13.4. The Labute approximate surface area is 197 Å². The molecule has 0 radical (unpaired) electrons. The molecule has 0 unspecified atom stereocenters. The van der Waals surface area contributed by atoms with E-state index in [1.807, 2.05) is 87.5 Å². The summed E-state index contributed by atoms with van der Waals surface area (Å²) in [7, 11) is 0. The first-order valence-electron chi connectivity index (χ1n) is 10.5. The van der Waals surface area contributed by atoms with Gasteiger partial charge in [0.15, 0.2) is 0 Å². The molecule has 0 saturated heterocycles. The molecule has 3 rings (SSSR count). The Kier molecular flexibility index (Phi) is 8.11. The topological polar surface area (TPSA) is 65.8 Å². The van der Waals surface area contributed by atoms with Crippen molar-refractivity contribution in [3.05, 3.63) is 88.3 Å². The number of rotatable bonds is 8. The summed E-state index contributed by atoms with van der Waals surface area (Å²) in [4.78, 5) is 29.6. The minimum absolute atomic E-state index is 0.0412. The Morgan fingerprint density at radius 3 is 2.28 bits per heavy atom. The van der Waals surface area contributed by atoms with Gasteiger partial charge < -0.3 is 19.5 Å². The molecule has 7 heteroatoms. The number of hydrogen-bond donors (Lipinski definition) is 1. The number of aryl methyl sites for hydroxylation is 1. The SMILES string of the molecule is Cc1ccc(CN(Cc2ccccc2)C(=O)CN(C(=O)Nc2ccccc2Br)C(C)C)o1. The van der Waals surface area contributed by atoms with Crippen LogP contribution in [0.1, 0.15) is 30.9 Å². The molecule has 2 aromatic carbocycles. The normalized spacial score (nSPS) is 10.8. The predicted molar refractivity (Wildman–Crippen MR) is 129 cm³/mol. The zero-order valence-electron chi connectivity index (χ0n) is 18.5. The van der Waals surface area contributed by atoms with E-state index in [0.717, 1.165) is 15.8 Å². The smallest absolute Gasteiger partial charge is 0.322 e. The van der Waals surface area contributed by atoms with Crippen LogP contribution in [0.2, 0.25) is 0 Å². The van der Waals surface area contributed by atoms with E-state index < -0.39 is 0 Å². The van der Waals surface area contributed by atoms with Gasteiger partial charge in [0.2, 0.25) is 5.91 Å². The molecule has 1 heterocycles. The van der Waals surface area contributed by atoms with Crippen molar-refractivity contribution < 1.29 is 14.0 Å². The van der Waals surface area contributed by atoms with Crippen LogP contribution in [0.5, 0.6) is 0 Å². The first-order valence-corrected chi connectivity index (χ1v) is 11.3. The third kappa shape index (κ3) is 6.47. The second-order valence-electron chi connectivity index (χ2n) is 7.88. The van der Waals surface area contributed by atoms with E-state index in [1.165, 1.54) is 4.90 Å². The van der Waals surface area contributed by atoms with Gasteiger partial charge in [0.1, 0.15) is 18.1 Å². The number of carbonyl (C=O) groups excluding carboxylic acids is 2. The third-order valence-electron chi connectivity index (χ3n) is 5.02. The average molecular weight is 498 g/mol. The maximum atomic E-state index is 13.4. The Bertz CT molecular complexity index is 1050. The van der Waals surface area contributed by atoms with Crippen LogP contribution in [0.4, 0.5) is 10.5 Å². The lowest BCUT2D eigenvalue weighted by Gasteiger charge is -2.30. The van der Waals surface area contributed by atoms with Gasteiger partial charge in [-0.1, -0.05) is 42.5 Å². The van der Waals surface area contributed by atoms with Crippen molar-refractivity contribution in [1.82, 2.24) is 9.80 Å². The molecular formula is C25H28BrN3O3. The van der Waals surface area contributed by atoms with E-state index in [4.69, 9.17) is 4.42 Å². The van der Waals surface area contributed by atoms with Crippen LogP contribution in [0, 0.1) is 6.92 Å². The number of carbonyl (C=O) groups is 2. The number of urea groups is 1. The zero-order chi connectivity index (χ0) is 23.1. The average Bonchev–Trinajstić information content (AvgIpc) is 3.18. The van der Waals surface area contributed by atoms with Crippen molar-refractivity contribution in [2.45, 2.75) is 39.9 Å². The van der Waals surface area contributed by atoms with Crippen molar-refractivity contribution in [3.8, 4) is 0 Å². The largest absolute Gasteiger partial charge is 0.464 e. The Hall–Kier alpha value is -3.06. The van der Waals surface area contributed by atoms with E-state index >= 15 is 0 Å². The van der Waals surface area contributed by atoms with Gasteiger partial charge in [-0.25, -0.2) is 4.79 Å². The summed E-state index contributed by atoms with van der Waals surface area (Å²) in [5.41, 5.74) is 1.67. The molecule has 0 spiro atoms. The molecular weight excluding hydrogens is 470 g/mol. The van der Waals surface area contributed by atoms with E-state index in [9.17, 15) is 9.59 Å². The summed E-state index contributed by atoms with van der Waals surface area (Å²) in [6.07, 6.45) is 0. The second kappa shape index (κ2) is 11.0. The molecule has 1 aromatic heterocycles. The molecule has 0 aliphatic rings. The molecule has 168 valence electrons. The minimum Gasteiger partial charge on any atom is -0.464 e. The van der Waals surface area contributed by atoms with Gasteiger partial charge in [-0.2, -0.15) is 0 Å². The summed E-state index contributed by atoms with van der Waals surface area (Å²) >= 11 is 3.44. The van der Waals surface area contributed by atoms with Crippen LogP contribution in [-0.4, -0.2) is 34.3 Å². The van der Waals surface area contributed by atoms with Crippen molar-refractivity contribution in [2.75, 3.05) is 11.9 Å². The van der Waals surface area contributed by atoms with Crippen molar-refractivity contribution in [1.29, 1.82) is 0 Å². The van der Waals surface area contributed by atoms with Crippen molar-refractivity contribution in [3.63, 3.8) is 0 Å². The summed E-state index contributed by atoms with van der Waals surface area (Å²) < 4.78 is 6.48. The number of furan rings is 1. The van der Waals surface area contributed by atoms with Crippen molar-refractivity contribution >= 4 is 33.6 Å². The van der Waals surface area contributed by atoms with Crippen LogP contribution in [0.15, 0.2) is 75.6 Å². The molecule has 3 aromatic rings. The van der Waals surface area contributed by atoms with Gasteiger partial charge in [0, 0.05) is 17.1 Å². The fourth-order valence-corrected chi connectivity index (χ4v) is 3.66. The Morgan fingerprint density at radius 1 is 0.969 bits per heavy atom. The van der Waals surface area contributed by atoms with E-state index in [1.54, 1.807) is 4.90 Å². The van der Waals surface area contributed by atoms with Gasteiger partial charge in [-0.3, -0.25) is 4.79 Å². The van der Waals surface area contributed by atoms with Gasteiger partial charge in [0.05, 0.1) is 12.2 Å². The van der Waals surface area contributed by atoms with Gasteiger partial charge in [-0.15, -0.1) is 0 Å². The number of para-hydroxylation sites is 1. The second-order valence-corrected chi connectivity index (χ2v) is 8.73. The monoisotopic (exact) mass is 497 g/mol. The highest BCUT2D eigenvalue weighted by Crippen LogP contribution is 2.22. The number of nitrogens with one attached hydrogen (secondary N) is 1. The van der Waals surface area contributed by atoms with Gasteiger partial charge in [-0.05, 0) is 66.5 Å². The summed E-state index contributed by atoms with van der Waals surface area (Å²) in [5.74, 6) is 1.35. The minimum atomic E-state index is -0.325. The molecule has 0 atom stereocenters. The van der Waals surface area contributed by atoms with Crippen LogP contribution in [0.25, 0.3) is 0 Å². The van der Waals surface area contributed by atoms with E-state index in [0.29, 0.717) is 24.5 Å². The quantitative estimate of drug-likeness (QED) is 0.426. The Morgan fingerprint density at radius 2 is 1.66 bits per heavy atom. The van der Waals surface area contributed by atoms with Crippen LogP contribution >= 0.6 is 15.9 Å². The first kappa shape index (κ1) is 23.6. The number of nitrogens with zero attached hydrogens (tertiary/aromatic N) is 2.